The van der Waals surface area contributed by atoms with Crippen molar-refractivity contribution in [3.63, 3.8) is 0 Å². The maximum Gasteiger partial charge on any atom is 0.217 e. The molecule has 180 valence electrons. The molecule has 5 heteroatoms. The Labute approximate surface area is 212 Å². The van der Waals surface area contributed by atoms with E-state index in [-0.39, 0.29) is 0 Å². The molecule has 2 unspecified atom stereocenters. The third kappa shape index (κ3) is 5.57. The lowest BCUT2D eigenvalue weighted by atomic mass is 9.71. The van der Waals surface area contributed by atoms with E-state index >= 15 is 0 Å². The smallest absolute Gasteiger partial charge is 0.217 e. The van der Waals surface area contributed by atoms with Crippen molar-refractivity contribution in [2.24, 2.45) is 0 Å². The zero-order valence-corrected chi connectivity index (χ0v) is 21.1. The van der Waals surface area contributed by atoms with Gasteiger partial charge in [-0.15, -0.1) is 0 Å². The van der Waals surface area contributed by atoms with Crippen molar-refractivity contribution in [3.05, 3.63) is 119 Å². The Kier molecular flexibility index (Phi) is 7.86. The van der Waals surface area contributed by atoms with Crippen LogP contribution in [0.4, 0.5) is 0 Å². The highest BCUT2D eigenvalue weighted by molar-refractivity contribution is 6.30. The fraction of sp³-hybridized carbons (Fsp3) is 0.233. The van der Waals surface area contributed by atoms with Crippen molar-refractivity contribution < 1.29 is 9.84 Å². The van der Waals surface area contributed by atoms with Gasteiger partial charge in [-0.1, -0.05) is 84.4 Å². The van der Waals surface area contributed by atoms with Crippen LogP contribution in [-0.2, 0) is 5.60 Å². The molecule has 1 N–H and O–H groups in total. The summed E-state index contributed by atoms with van der Waals surface area (Å²) in [6.07, 6.45) is 2.33. The van der Waals surface area contributed by atoms with E-state index in [0.717, 1.165) is 27.8 Å². The average Bonchev–Trinajstić information content (AvgIpc) is 2.89. The molecule has 0 amide bonds. The van der Waals surface area contributed by atoms with E-state index in [1.807, 2.05) is 93.1 Å². The second-order valence-electron chi connectivity index (χ2n) is 9.02. The number of halogens is 1. The number of ether oxygens (including phenoxy) is 1. The maximum absolute atomic E-state index is 12.6. The van der Waals surface area contributed by atoms with Gasteiger partial charge in [-0.25, -0.2) is 4.98 Å². The topological polar surface area (TPSA) is 45.6 Å². The highest BCUT2D eigenvalue weighted by Gasteiger charge is 2.42. The molecule has 0 aliphatic heterocycles. The summed E-state index contributed by atoms with van der Waals surface area (Å²) < 4.78 is 5.76. The molecule has 0 aliphatic carbocycles. The third-order valence-electron chi connectivity index (χ3n) is 6.39. The summed E-state index contributed by atoms with van der Waals surface area (Å²) in [7, 11) is 5.65. The van der Waals surface area contributed by atoms with Crippen LogP contribution in [0.25, 0.3) is 11.1 Å². The molecule has 3 aromatic carbocycles. The molecule has 4 rings (SSSR count). The van der Waals surface area contributed by atoms with E-state index in [1.165, 1.54) is 0 Å². The zero-order valence-electron chi connectivity index (χ0n) is 20.4. The maximum atomic E-state index is 12.6. The Morgan fingerprint density at radius 2 is 1.54 bits per heavy atom. The second kappa shape index (κ2) is 11.0. The number of rotatable bonds is 9. The first-order valence-corrected chi connectivity index (χ1v) is 12.1. The van der Waals surface area contributed by atoms with Crippen molar-refractivity contribution in [1.82, 2.24) is 9.88 Å². The van der Waals surface area contributed by atoms with Crippen LogP contribution < -0.4 is 4.74 Å². The SMILES string of the molecule is COc1ncc(-c2ccccc2)cc1C(c1ccc(Cl)cc1)C(O)(CCN(C)C)c1ccccc1. The molecule has 35 heavy (non-hydrogen) atoms. The Hall–Kier alpha value is -3.18. The number of methoxy groups -OCH3 is 1. The molecule has 0 radical (unpaired) electrons. The first kappa shape index (κ1) is 24.9. The van der Waals surface area contributed by atoms with Crippen molar-refractivity contribution >= 4 is 11.6 Å². The van der Waals surface area contributed by atoms with Crippen LogP contribution in [0.2, 0.25) is 5.02 Å². The van der Waals surface area contributed by atoms with Crippen LogP contribution in [0, 0.1) is 0 Å². The van der Waals surface area contributed by atoms with Crippen molar-refractivity contribution in [2.75, 3.05) is 27.7 Å². The second-order valence-corrected chi connectivity index (χ2v) is 9.45. The van der Waals surface area contributed by atoms with Gasteiger partial charge in [0.2, 0.25) is 5.88 Å². The van der Waals surface area contributed by atoms with Crippen LogP contribution in [0.5, 0.6) is 5.88 Å². The van der Waals surface area contributed by atoms with Gasteiger partial charge in [0, 0.05) is 34.8 Å². The molecule has 0 spiro atoms. The standard InChI is InChI=1S/C30H31ClN2O2/c1-33(2)19-18-30(34,25-12-8-5-9-13-25)28(23-14-16-26(31)17-15-23)27-20-24(21-32-29(27)35-3)22-10-6-4-7-11-22/h4-17,20-21,28,34H,18-19H2,1-3H3. The fourth-order valence-electron chi connectivity index (χ4n) is 4.58. The van der Waals surface area contributed by atoms with Crippen molar-refractivity contribution in [1.29, 1.82) is 0 Å². The van der Waals surface area contributed by atoms with Gasteiger partial charge in [0.25, 0.3) is 0 Å². The molecular weight excluding hydrogens is 456 g/mol. The van der Waals surface area contributed by atoms with Crippen molar-refractivity contribution in [3.8, 4) is 17.0 Å². The van der Waals surface area contributed by atoms with E-state index < -0.39 is 11.5 Å². The molecule has 1 aromatic heterocycles. The first-order valence-electron chi connectivity index (χ1n) is 11.7. The van der Waals surface area contributed by atoms with E-state index in [4.69, 9.17) is 16.3 Å². The molecule has 2 atom stereocenters. The largest absolute Gasteiger partial charge is 0.481 e. The number of aromatic nitrogens is 1. The Morgan fingerprint density at radius 3 is 2.14 bits per heavy atom. The predicted octanol–water partition coefficient (Wildman–Crippen LogP) is 6.38. The summed E-state index contributed by atoms with van der Waals surface area (Å²) in [4.78, 5) is 6.76. The Balaban J connectivity index is 1.98. The van der Waals surface area contributed by atoms with Crippen molar-refractivity contribution in [2.45, 2.75) is 17.9 Å². The highest BCUT2D eigenvalue weighted by Crippen LogP contribution is 2.47. The van der Waals surface area contributed by atoms with Gasteiger partial charge in [-0.05, 0) is 55.4 Å². The van der Waals surface area contributed by atoms with Gasteiger partial charge in [-0.2, -0.15) is 0 Å². The minimum Gasteiger partial charge on any atom is -0.481 e. The Bertz CT molecular complexity index is 1230. The Morgan fingerprint density at radius 1 is 0.914 bits per heavy atom. The normalized spacial score (nSPS) is 13.9. The number of pyridine rings is 1. The zero-order chi connectivity index (χ0) is 24.8. The van der Waals surface area contributed by atoms with E-state index in [9.17, 15) is 5.11 Å². The van der Waals surface area contributed by atoms with E-state index in [2.05, 4.69) is 28.1 Å². The van der Waals surface area contributed by atoms with Gasteiger partial charge in [0.15, 0.2) is 0 Å². The highest BCUT2D eigenvalue weighted by atomic mass is 35.5. The monoisotopic (exact) mass is 486 g/mol. The number of benzene rings is 3. The summed E-state index contributed by atoms with van der Waals surface area (Å²) in [6, 6.07) is 29.7. The van der Waals surface area contributed by atoms with E-state index in [1.54, 1.807) is 7.11 Å². The minimum absolute atomic E-state index is 0.451. The summed E-state index contributed by atoms with van der Waals surface area (Å²) in [5, 5.41) is 13.3. The van der Waals surface area contributed by atoms with Crippen LogP contribution in [0.3, 0.4) is 0 Å². The van der Waals surface area contributed by atoms with Gasteiger partial charge in [-0.3, -0.25) is 0 Å². The predicted molar refractivity (Wildman–Crippen MR) is 143 cm³/mol. The molecule has 0 aliphatic rings. The molecule has 0 saturated heterocycles. The molecule has 0 fully saturated rings. The van der Waals surface area contributed by atoms with Crippen LogP contribution >= 0.6 is 11.6 Å². The van der Waals surface area contributed by atoms with Gasteiger partial charge >= 0.3 is 0 Å². The van der Waals surface area contributed by atoms with Gasteiger partial charge in [0.1, 0.15) is 5.60 Å². The summed E-state index contributed by atoms with van der Waals surface area (Å²) in [5.41, 5.74) is 3.38. The molecule has 4 nitrogen and oxygen atoms in total. The lowest BCUT2D eigenvalue weighted by Crippen LogP contribution is -2.37. The number of hydrogen-bond donors (Lipinski definition) is 1. The minimum atomic E-state index is -1.23. The van der Waals surface area contributed by atoms with Crippen LogP contribution in [-0.4, -0.2) is 42.7 Å². The molecule has 0 bridgehead atoms. The number of hydrogen-bond acceptors (Lipinski definition) is 4. The summed E-state index contributed by atoms with van der Waals surface area (Å²) >= 11 is 6.25. The van der Waals surface area contributed by atoms with Crippen LogP contribution in [0.1, 0.15) is 29.0 Å². The third-order valence-corrected chi connectivity index (χ3v) is 6.64. The summed E-state index contributed by atoms with van der Waals surface area (Å²) in [5.74, 6) is 0.0390. The lowest BCUT2D eigenvalue weighted by Gasteiger charge is -2.39. The molecule has 4 aromatic rings. The quantitative estimate of drug-likeness (QED) is 0.298. The van der Waals surface area contributed by atoms with Gasteiger partial charge < -0.3 is 14.7 Å². The fourth-order valence-corrected chi connectivity index (χ4v) is 4.70. The summed E-state index contributed by atoms with van der Waals surface area (Å²) in [6.45, 7) is 0.698. The molecule has 1 heterocycles. The van der Waals surface area contributed by atoms with E-state index in [0.29, 0.717) is 23.9 Å². The molecular formula is C30H31ClN2O2. The van der Waals surface area contributed by atoms with Gasteiger partial charge in [0.05, 0.1) is 7.11 Å². The number of nitrogens with zero attached hydrogens (tertiary/aromatic N) is 2. The molecule has 0 saturated carbocycles. The first-order chi connectivity index (χ1) is 16.9. The van der Waals surface area contributed by atoms with Crippen LogP contribution in [0.15, 0.2) is 97.2 Å². The lowest BCUT2D eigenvalue weighted by molar-refractivity contribution is 0.00377. The number of aliphatic hydroxyl groups is 1. The average molecular weight is 487 g/mol.